The van der Waals surface area contributed by atoms with E-state index >= 15 is 0 Å². The topological polar surface area (TPSA) is 15.7 Å². The first-order valence-corrected chi connectivity index (χ1v) is 20.2. The van der Waals surface area contributed by atoms with Gasteiger partial charge < -0.3 is 14.5 Å². The molecule has 0 radical (unpaired) electrons. The molecule has 0 N–H and O–H groups in total. The second-order valence-electron chi connectivity index (χ2n) is 15.2. The average molecular weight is 737 g/mol. The van der Waals surface area contributed by atoms with Crippen molar-refractivity contribution in [3.63, 3.8) is 0 Å². The van der Waals surface area contributed by atoms with Crippen molar-refractivity contribution in [2.24, 2.45) is 5.92 Å². The van der Waals surface area contributed by atoms with E-state index in [4.69, 9.17) is 4.74 Å². The van der Waals surface area contributed by atoms with Crippen molar-refractivity contribution < 1.29 is 4.74 Å². The van der Waals surface area contributed by atoms with Crippen molar-refractivity contribution >= 4 is 34.1 Å². The molecule has 0 saturated carbocycles. The van der Waals surface area contributed by atoms with Crippen LogP contribution in [-0.2, 0) is 0 Å². The van der Waals surface area contributed by atoms with Gasteiger partial charge in [0.1, 0.15) is 11.9 Å². The van der Waals surface area contributed by atoms with Gasteiger partial charge in [0.15, 0.2) is 0 Å². The Morgan fingerprint density at radius 1 is 0.439 bits per heavy atom. The van der Waals surface area contributed by atoms with E-state index in [2.05, 4.69) is 222 Å². The molecule has 2 aliphatic carbocycles. The summed E-state index contributed by atoms with van der Waals surface area (Å²) < 4.78 is 6.51. The van der Waals surface area contributed by atoms with Crippen molar-refractivity contribution in [1.29, 1.82) is 0 Å². The molecule has 7 aromatic rings. The van der Waals surface area contributed by atoms with E-state index in [1.54, 1.807) is 0 Å². The molecule has 0 aromatic heterocycles. The zero-order chi connectivity index (χ0) is 38.0. The zero-order valence-corrected chi connectivity index (χ0v) is 31.9. The summed E-state index contributed by atoms with van der Waals surface area (Å²) in [6.45, 7) is 0. The first-order chi connectivity index (χ1) is 28.2. The van der Waals surface area contributed by atoms with Gasteiger partial charge in [-0.1, -0.05) is 121 Å². The average Bonchev–Trinajstić information content (AvgIpc) is 3.66. The van der Waals surface area contributed by atoms with Gasteiger partial charge in [0.2, 0.25) is 0 Å². The summed E-state index contributed by atoms with van der Waals surface area (Å²) >= 11 is 0. The lowest BCUT2D eigenvalue weighted by Crippen LogP contribution is -2.23. The smallest absolute Gasteiger partial charge is 0.124 e. The predicted octanol–water partition coefficient (Wildman–Crippen LogP) is 14.7. The highest BCUT2D eigenvalue weighted by molar-refractivity contribution is 5.88. The van der Waals surface area contributed by atoms with Crippen LogP contribution in [0.3, 0.4) is 0 Å². The molecule has 276 valence electrons. The van der Waals surface area contributed by atoms with Crippen LogP contribution in [0.4, 0.5) is 34.1 Å². The third-order valence-corrected chi connectivity index (χ3v) is 11.6. The SMILES string of the molecule is C1=CC(C2C=CC3Oc4ccc(-c5cccc(-c6cc(N(c7ccccc7)c7ccccc7)cc(N(c7ccccc7)c7ccccc7)c6)c5)cc4C3C2)=CCC1. The lowest BCUT2D eigenvalue weighted by Gasteiger charge is -2.30. The maximum atomic E-state index is 6.51. The van der Waals surface area contributed by atoms with E-state index in [1.165, 1.54) is 22.3 Å². The fourth-order valence-corrected chi connectivity index (χ4v) is 8.82. The molecule has 3 unspecified atom stereocenters. The first-order valence-electron chi connectivity index (χ1n) is 20.2. The monoisotopic (exact) mass is 736 g/mol. The van der Waals surface area contributed by atoms with Crippen molar-refractivity contribution in [2.45, 2.75) is 31.3 Å². The predicted molar refractivity (Wildman–Crippen MR) is 238 cm³/mol. The quantitative estimate of drug-likeness (QED) is 0.137. The molecule has 0 amide bonds. The molecule has 3 heteroatoms. The van der Waals surface area contributed by atoms with Crippen LogP contribution in [0.15, 0.2) is 218 Å². The summed E-state index contributed by atoms with van der Waals surface area (Å²) in [5, 5.41) is 0. The van der Waals surface area contributed by atoms with Crippen LogP contribution >= 0.6 is 0 Å². The van der Waals surface area contributed by atoms with Crippen molar-refractivity contribution in [3.8, 4) is 28.0 Å². The second-order valence-corrected chi connectivity index (χ2v) is 15.2. The Bertz CT molecular complexity index is 2410. The fourth-order valence-electron chi connectivity index (χ4n) is 8.82. The van der Waals surface area contributed by atoms with Gasteiger partial charge in [-0.25, -0.2) is 0 Å². The Labute approximate surface area is 336 Å². The number of nitrogens with zero attached hydrogens (tertiary/aromatic N) is 2. The van der Waals surface area contributed by atoms with Gasteiger partial charge in [-0.2, -0.15) is 0 Å². The Morgan fingerprint density at radius 2 is 0.982 bits per heavy atom. The number of anilines is 6. The van der Waals surface area contributed by atoms with Crippen LogP contribution in [0, 0.1) is 5.92 Å². The van der Waals surface area contributed by atoms with Gasteiger partial charge >= 0.3 is 0 Å². The summed E-state index contributed by atoms with van der Waals surface area (Å²) in [4.78, 5) is 4.71. The summed E-state index contributed by atoms with van der Waals surface area (Å²) in [5.74, 6) is 1.80. The highest BCUT2D eigenvalue weighted by atomic mass is 16.5. The number of fused-ring (bicyclic) bond motifs is 3. The molecule has 1 heterocycles. The minimum absolute atomic E-state index is 0.0986. The van der Waals surface area contributed by atoms with Gasteiger partial charge in [0, 0.05) is 51.5 Å². The lowest BCUT2D eigenvalue weighted by atomic mass is 9.77. The molecular weight excluding hydrogens is 693 g/mol. The minimum atomic E-state index is 0.0986. The standard InChI is InChI=1S/C54H44N2O/c1-6-17-39(18-7-1)42-29-31-53-51(36-42)52-37-43(30-32-54(52)57-53)40-19-16-20-41(33-40)44-34-49(55(45-21-8-2-9-22-45)46-23-10-3-11-24-46)38-50(35-44)56(47-25-12-4-13-26-47)48-27-14-5-15-28-48/h2-6,8-35,37-38,42,51,53H,1,7,36H2. The highest BCUT2D eigenvalue weighted by Crippen LogP contribution is 2.48. The number of rotatable bonds is 9. The molecule has 3 aliphatic rings. The van der Waals surface area contributed by atoms with Crippen LogP contribution in [0.25, 0.3) is 22.3 Å². The van der Waals surface area contributed by atoms with E-state index in [0.717, 1.165) is 70.3 Å². The number of hydrogen-bond donors (Lipinski definition) is 0. The van der Waals surface area contributed by atoms with Crippen LogP contribution in [0.5, 0.6) is 5.75 Å². The summed E-state index contributed by atoms with van der Waals surface area (Å²) in [7, 11) is 0. The van der Waals surface area contributed by atoms with E-state index in [0.29, 0.717) is 11.8 Å². The molecular formula is C54H44N2O. The highest BCUT2D eigenvalue weighted by Gasteiger charge is 2.37. The maximum absolute atomic E-state index is 6.51. The number of allylic oxidation sites excluding steroid dienone is 5. The molecule has 1 aliphatic heterocycles. The first kappa shape index (κ1) is 34.6. The second kappa shape index (κ2) is 15.4. The van der Waals surface area contributed by atoms with Crippen LogP contribution in [0.2, 0.25) is 0 Å². The van der Waals surface area contributed by atoms with Gasteiger partial charge in [0.25, 0.3) is 0 Å². The molecule has 7 aromatic carbocycles. The Morgan fingerprint density at radius 3 is 1.53 bits per heavy atom. The van der Waals surface area contributed by atoms with E-state index in [9.17, 15) is 0 Å². The summed E-state index contributed by atoms with van der Waals surface area (Å²) in [6.07, 6.45) is 15.2. The van der Waals surface area contributed by atoms with Gasteiger partial charge in [-0.05, 0) is 138 Å². The lowest BCUT2D eigenvalue weighted by molar-refractivity contribution is 0.236. The normalized spacial score (nSPS) is 17.9. The zero-order valence-electron chi connectivity index (χ0n) is 31.9. The molecule has 3 atom stereocenters. The molecule has 3 nitrogen and oxygen atoms in total. The van der Waals surface area contributed by atoms with E-state index < -0.39 is 0 Å². The third-order valence-electron chi connectivity index (χ3n) is 11.6. The molecule has 10 rings (SSSR count). The summed E-state index contributed by atoms with van der Waals surface area (Å²) in [6, 6.07) is 65.4. The van der Waals surface area contributed by atoms with Gasteiger partial charge in [0.05, 0.1) is 0 Å². The number of para-hydroxylation sites is 4. The van der Waals surface area contributed by atoms with Crippen LogP contribution < -0.4 is 14.5 Å². The minimum Gasteiger partial charge on any atom is -0.485 e. The molecule has 0 saturated heterocycles. The van der Waals surface area contributed by atoms with Crippen LogP contribution in [0.1, 0.15) is 30.7 Å². The van der Waals surface area contributed by atoms with Crippen LogP contribution in [-0.4, -0.2) is 6.10 Å². The number of hydrogen-bond acceptors (Lipinski definition) is 3. The molecule has 0 spiro atoms. The van der Waals surface area contributed by atoms with Crippen molar-refractivity contribution in [2.75, 3.05) is 9.80 Å². The van der Waals surface area contributed by atoms with Crippen molar-refractivity contribution in [3.05, 3.63) is 224 Å². The Balaban J connectivity index is 1.09. The summed E-state index contributed by atoms with van der Waals surface area (Å²) in [5.41, 5.74) is 14.0. The maximum Gasteiger partial charge on any atom is 0.124 e. The Hall–Kier alpha value is -6.84. The molecule has 57 heavy (non-hydrogen) atoms. The Kier molecular flexibility index (Phi) is 9.33. The van der Waals surface area contributed by atoms with E-state index in [-0.39, 0.29) is 6.10 Å². The van der Waals surface area contributed by atoms with Crippen molar-refractivity contribution in [1.82, 2.24) is 0 Å². The van der Waals surface area contributed by atoms with Gasteiger partial charge in [-0.15, -0.1) is 0 Å². The largest absolute Gasteiger partial charge is 0.485 e. The van der Waals surface area contributed by atoms with Gasteiger partial charge in [-0.3, -0.25) is 0 Å². The molecule has 0 bridgehead atoms. The van der Waals surface area contributed by atoms with E-state index in [1.807, 2.05) is 0 Å². The number of ether oxygens (including phenoxy) is 1. The fraction of sp³-hybridized carbons (Fsp3) is 0.111. The number of benzene rings is 7. The third kappa shape index (κ3) is 6.98. The molecule has 0 fully saturated rings.